The van der Waals surface area contributed by atoms with E-state index >= 15 is 0 Å². The van der Waals surface area contributed by atoms with E-state index in [-0.39, 0.29) is 5.91 Å². The number of ether oxygens (including phenoxy) is 1. The normalized spacial score (nSPS) is 10.7. The van der Waals surface area contributed by atoms with Gasteiger partial charge in [-0.25, -0.2) is 4.68 Å². The average molecular weight is 419 g/mol. The fourth-order valence-electron chi connectivity index (χ4n) is 3.14. The number of hydrogen-bond acceptors (Lipinski definition) is 4. The number of carbonyl (C=O) groups is 1. The van der Waals surface area contributed by atoms with Crippen molar-refractivity contribution in [3.05, 3.63) is 90.9 Å². The van der Waals surface area contributed by atoms with Gasteiger partial charge in [0.05, 0.1) is 24.7 Å². The molecule has 2 heterocycles. The lowest BCUT2D eigenvalue weighted by atomic mass is 10.3. The van der Waals surface area contributed by atoms with Gasteiger partial charge < -0.3 is 14.6 Å². The second kappa shape index (κ2) is 9.37. The van der Waals surface area contributed by atoms with Crippen molar-refractivity contribution in [2.45, 2.75) is 5.75 Å². The van der Waals surface area contributed by atoms with Crippen LogP contribution >= 0.6 is 11.8 Å². The third-order valence-electron chi connectivity index (χ3n) is 4.51. The topological polar surface area (TPSA) is 61.1 Å². The van der Waals surface area contributed by atoms with Crippen molar-refractivity contribution in [3.8, 4) is 17.3 Å². The Bertz CT molecular complexity index is 1110. The number of anilines is 1. The van der Waals surface area contributed by atoms with Crippen LogP contribution in [0.4, 0.5) is 5.69 Å². The standard InChI is InChI=1S/C23H22N4O2S/c1-29-21-11-7-8-19(14-21)25-22(28)17-30-16-18-15-24-27(20-9-3-2-4-10-20)23(18)26-12-5-6-13-26/h2-15H,16-17H2,1H3,(H,25,28). The number of nitrogens with one attached hydrogen (secondary N) is 1. The number of methoxy groups -OCH3 is 1. The molecule has 2 aromatic carbocycles. The predicted octanol–water partition coefficient (Wildman–Crippen LogP) is 4.54. The molecule has 0 unspecified atom stereocenters. The molecule has 1 N–H and O–H groups in total. The number of aromatic nitrogens is 3. The van der Waals surface area contributed by atoms with Gasteiger partial charge in [-0.2, -0.15) is 5.10 Å². The van der Waals surface area contributed by atoms with Crippen molar-refractivity contribution in [1.29, 1.82) is 0 Å². The highest BCUT2D eigenvalue weighted by Gasteiger charge is 2.14. The fourth-order valence-corrected chi connectivity index (χ4v) is 3.92. The van der Waals surface area contributed by atoms with E-state index in [0.717, 1.165) is 22.8 Å². The summed E-state index contributed by atoms with van der Waals surface area (Å²) in [6.45, 7) is 0. The molecule has 0 fully saturated rings. The van der Waals surface area contributed by atoms with Crippen molar-refractivity contribution in [2.24, 2.45) is 0 Å². The lowest BCUT2D eigenvalue weighted by molar-refractivity contribution is -0.113. The molecule has 0 bridgehead atoms. The number of para-hydroxylation sites is 1. The minimum Gasteiger partial charge on any atom is -0.497 e. The van der Waals surface area contributed by atoms with Gasteiger partial charge in [0.15, 0.2) is 0 Å². The highest BCUT2D eigenvalue weighted by Crippen LogP contribution is 2.24. The molecule has 4 aromatic rings. The maximum Gasteiger partial charge on any atom is 0.234 e. The second-order valence-corrected chi connectivity index (χ2v) is 7.59. The third kappa shape index (κ3) is 4.58. The molecule has 0 aliphatic heterocycles. The van der Waals surface area contributed by atoms with Gasteiger partial charge in [0.1, 0.15) is 11.6 Å². The molecule has 30 heavy (non-hydrogen) atoms. The highest BCUT2D eigenvalue weighted by molar-refractivity contribution is 7.99. The zero-order valence-corrected chi connectivity index (χ0v) is 17.4. The Morgan fingerprint density at radius 2 is 1.87 bits per heavy atom. The van der Waals surface area contributed by atoms with Gasteiger partial charge >= 0.3 is 0 Å². The van der Waals surface area contributed by atoms with Crippen LogP contribution in [0.3, 0.4) is 0 Å². The van der Waals surface area contributed by atoms with E-state index in [1.165, 1.54) is 0 Å². The molecule has 7 heteroatoms. The van der Waals surface area contributed by atoms with Gasteiger partial charge in [-0.3, -0.25) is 4.79 Å². The van der Waals surface area contributed by atoms with Crippen LogP contribution in [0, 0.1) is 0 Å². The predicted molar refractivity (Wildman–Crippen MR) is 121 cm³/mol. The molecule has 0 atom stereocenters. The van der Waals surface area contributed by atoms with E-state index in [2.05, 4.69) is 10.4 Å². The van der Waals surface area contributed by atoms with E-state index in [9.17, 15) is 4.79 Å². The molecule has 0 saturated heterocycles. The molecule has 4 rings (SSSR count). The maximum absolute atomic E-state index is 12.3. The highest BCUT2D eigenvalue weighted by atomic mass is 32.2. The smallest absolute Gasteiger partial charge is 0.234 e. The molecular weight excluding hydrogens is 396 g/mol. The van der Waals surface area contributed by atoms with Crippen LogP contribution in [0.1, 0.15) is 5.56 Å². The first-order valence-electron chi connectivity index (χ1n) is 9.52. The van der Waals surface area contributed by atoms with Gasteiger partial charge in [-0.05, 0) is 36.4 Å². The number of benzene rings is 2. The van der Waals surface area contributed by atoms with Gasteiger partial charge in [0, 0.05) is 35.5 Å². The summed E-state index contributed by atoms with van der Waals surface area (Å²) in [6, 6.07) is 21.3. The Morgan fingerprint density at radius 1 is 1.07 bits per heavy atom. The van der Waals surface area contributed by atoms with Crippen LogP contribution < -0.4 is 10.1 Å². The summed E-state index contributed by atoms with van der Waals surface area (Å²) >= 11 is 1.55. The molecule has 0 aliphatic rings. The Kier molecular flexibility index (Phi) is 6.20. The molecule has 0 spiro atoms. The summed E-state index contributed by atoms with van der Waals surface area (Å²) in [5.74, 6) is 2.66. The zero-order chi connectivity index (χ0) is 20.8. The van der Waals surface area contributed by atoms with Gasteiger partial charge in [-0.1, -0.05) is 24.3 Å². The van der Waals surface area contributed by atoms with Crippen LogP contribution in [-0.4, -0.2) is 33.1 Å². The van der Waals surface area contributed by atoms with Crippen LogP contribution in [-0.2, 0) is 10.5 Å². The molecule has 2 aromatic heterocycles. The third-order valence-corrected chi connectivity index (χ3v) is 5.49. The number of amides is 1. The summed E-state index contributed by atoms with van der Waals surface area (Å²) in [6.07, 6.45) is 5.87. The van der Waals surface area contributed by atoms with Crippen LogP contribution in [0.5, 0.6) is 5.75 Å². The summed E-state index contributed by atoms with van der Waals surface area (Å²) in [4.78, 5) is 12.3. The van der Waals surface area contributed by atoms with Crippen LogP contribution in [0.15, 0.2) is 85.3 Å². The number of thioether (sulfide) groups is 1. The average Bonchev–Trinajstić information content (AvgIpc) is 3.44. The lowest BCUT2D eigenvalue weighted by Crippen LogP contribution is -2.14. The molecule has 0 aliphatic carbocycles. The molecule has 0 saturated carbocycles. The first-order chi connectivity index (χ1) is 14.7. The van der Waals surface area contributed by atoms with E-state index in [0.29, 0.717) is 17.3 Å². The molecule has 0 radical (unpaired) electrons. The number of nitrogens with zero attached hydrogens (tertiary/aromatic N) is 3. The Balaban J connectivity index is 1.45. The fraction of sp³-hybridized carbons (Fsp3) is 0.130. The maximum atomic E-state index is 12.3. The van der Waals surface area contributed by atoms with Crippen LogP contribution in [0.2, 0.25) is 0 Å². The summed E-state index contributed by atoms with van der Waals surface area (Å²) in [5.41, 5.74) is 2.78. The summed E-state index contributed by atoms with van der Waals surface area (Å²) in [7, 11) is 1.61. The summed E-state index contributed by atoms with van der Waals surface area (Å²) in [5, 5.41) is 7.51. The monoisotopic (exact) mass is 418 g/mol. The van der Waals surface area contributed by atoms with E-state index in [1.807, 2.05) is 88.5 Å². The molecule has 6 nitrogen and oxygen atoms in total. The number of hydrogen-bond donors (Lipinski definition) is 1. The minimum atomic E-state index is -0.0498. The largest absolute Gasteiger partial charge is 0.497 e. The van der Waals surface area contributed by atoms with Gasteiger partial charge in [0.2, 0.25) is 5.91 Å². The Hall–Kier alpha value is -3.45. The molecular formula is C23H22N4O2S. The van der Waals surface area contributed by atoms with Crippen molar-refractivity contribution in [1.82, 2.24) is 14.3 Å². The minimum absolute atomic E-state index is 0.0498. The van der Waals surface area contributed by atoms with E-state index in [4.69, 9.17) is 4.74 Å². The van der Waals surface area contributed by atoms with Gasteiger partial charge in [0.25, 0.3) is 0 Å². The van der Waals surface area contributed by atoms with E-state index in [1.54, 1.807) is 24.9 Å². The number of rotatable bonds is 8. The van der Waals surface area contributed by atoms with Crippen molar-refractivity contribution < 1.29 is 9.53 Å². The van der Waals surface area contributed by atoms with Crippen molar-refractivity contribution in [3.63, 3.8) is 0 Å². The molecule has 1 amide bonds. The second-order valence-electron chi connectivity index (χ2n) is 6.60. The van der Waals surface area contributed by atoms with Crippen LogP contribution in [0.25, 0.3) is 11.5 Å². The van der Waals surface area contributed by atoms with Crippen molar-refractivity contribution in [2.75, 3.05) is 18.2 Å². The first-order valence-corrected chi connectivity index (χ1v) is 10.7. The Labute approximate surface area is 179 Å². The number of carbonyl (C=O) groups excluding carboxylic acids is 1. The zero-order valence-electron chi connectivity index (χ0n) is 16.6. The quantitative estimate of drug-likeness (QED) is 0.456. The first kappa shape index (κ1) is 19.8. The van der Waals surface area contributed by atoms with E-state index < -0.39 is 0 Å². The lowest BCUT2D eigenvalue weighted by Gasteiger charge is -2.11. The molecule has 152 valence electrons. The Morgan fingerprint density at radius 3 is 2.63 bits per heavy atom. The SMILES string of the molecule is COc1cccc(NC(=O)CSCc2cnn(-c3ccccc3)c2-n2cccc2)c1. The summed E-state index contributed by atoms with van der Waals surface area (Å²) < 4.78 is 9.17. The van der Waals surface area contributed by atoms with Gasteiger partial charge in [-0.15, -0.1) is 11.8 Å². The van der Waals surface area contributed by atoms with Crippen molar-refractivity contribution >= 4 is 23.4 Å².